The standard InChI is InChI=1S/C17H27N5OS/c1-11(16-19-12(2)10-24-16)9-18-17(23)22(5)8-6-7-15-13(3)20-21-14(15)4/h10-11H,6-9H2,1-5H3,(H,18,23)(H,20,21)/t11-/m1/s1. The number of hydrogen-bond acceptors (Lipinski definition) is 4. The summed E-state index contributed by atoms with van der Waals surface area (Å²) >= 11 is 1.65. The summed E-state index contributed by atoms with van der Waals surface area (Å²) in [6.45, 7) is 9.45. The van der Waals surface area contributed by atoms with Crippen molar-refractivity contribution in [2.75, 3.05) is 20.1 Å². The number of aryl methyl sites for hydroxylation is 3. The average molecular weight is 350 g/mol. The summed E-state index contributed by atoms with van der Waals surface area (Å²) in [4.78, 5) is 18.4. The molecule has 0 bridgehead atoms. The van der Waals surface area contributed by atoms with E-state index in [0.717, 1.165) is 41.5 Å². The van der Waals surface area contributed by atoms with Crippen LogP contribution in [-0.4, -0.2) is 46.2 Å². The molecule has 7 heteroatoms. The maximum absolute atomic E-state index is 12.2. The Morgan fingerprint density at radius 3 is 2.75 bits per heavy atom. The van der Waals surface area contributed by atoms with Crippen LogP contribution >= 0.6 is 11.3 Å². The Balaban J connectivity index is 1.72. The van der Waals surface area contributed by atoms with Gasteiger partial charge in [0.05, 0.1) is 10.7 Å². The molecule has 0 fully saturated rings. The van der Waals surface area contributed by atoms with Crippen LogP contribution in [0.4, 0.5) is 4.79 Å². The van der Waals surface area contributed by atoms with Crippen LogP contribution in [0.15, 0.2) is 5.38 Å². The minimum absolute atomic E-state index is 0.0317. The lowest BCUT2D eigenvalue weighted by Gasteiger charge is -2.19. The zero-order valence-electron chi connectivity index (χ0n) is 15.1. The van der Waals surface area contributed by atoms with Crippen LogP contribution in [0.3, 0.4) is 0 Å². The number of nitrogens with one attached hydrogen (secondary N) is 2. The number of thiazole rings is 1. The molecule has 6 nitrogen and oxygen atoms in total. The summed E-state index contributed by atoms with van der Waals surface area (Å²) in [7, 11) is 1.84. The number of H-pyrrole nitrogens is 1. The first-order valence-corrected chi connectivity index (χ1v) is 9.18. The molecular weight excluding hydrogens is 322 g/mol. The van der Waals surface area contributed by atoms with E-state index in [4.69, 9.17) is 0 Å². The summed E-state index contributed by atoms with van der Waals surface area (Å²) in [5, 5.41) is 13.3. The number of amides is 2. The number of nitrogens with zero attached hydrogens (tertiary/aromatic N) is 3. The quantitative estimate of drug-likeness (QED) is 0.806. The molecule has 1 atom stereocenters. The van der Waals surface area contributed by atoms with Crippen LogP contribution < -0.4 is 5.32 Å². The van der Waals surface area contributed by atoms with Gasteiger partial charge in [-0.3, -0.25) is 5.10 Å². The molecule has 2 heterocycles. The summed E-state index contributed by atoms with van der Waals surface area (Å²) < 4.78 is 0. The maximum Gasteiger partial charge on any atom is 0.317 e. The van der Waals surface area contributed by atoms with Gasteiger partial charge in [0, 0.05) is 42.8 Å². The SMILES string of the molecule is Cc1csc([C@H](C)CNC(=O)N(C)CCCc2c(C)n[nH]c2C)n1. The normalized spacial score (nSPS) is 12.2. The zero-order chi connectivity index (χ0) is 17.7. The molecule has 0 unspecified atom stereocenters. The lowest BCUT2D eigenvalue weighted by atomic mass is 10.1. The highest BCUT2D eigenvalue weighted by Gasteiger charge is 2.14. The first-order chi connectivity index (χ1) is 11.4. The fourth-order valence-electron chi connectivity index (χ4n) is 2.60. The lowest BCUT2D eigenvalue weighted by molar-refractivity contribution is 0.208. The minimum atomic E-state index is -0.0317. The fourth-order valence-corrected chi connectivity index (χ4v) is 3.45. The van der Waals surface area contributed by atoms with Crippen molar-refractivity contribution in [1.29, 1.82) is 0 Å². The van der Waals surface area contributed by atoms with Crippen molar-refractivity contribution in [3.05, 3.63) is 33.0 Å². The summed E-state index contributed by atoms with van der Waals surface area (Å²) in [6, 6.07) is -0.0317. The molecule has 0 saturated heterocycles. The second-order valence-corrected chi connectivity index (χ2v) is 7.24. The Hall–Kier alpha value is -1.89. The molecule has 132 valence electrons. The van der Waals surface area contributed by atoms with Crippen molar-refractivity contribution < 1.29 is 4.79 Å². The highest BCUT2D eigenvalue weighted by molar-refractivity contribution is 7.09. The monoisotopic (exact) mass is 349 g/mol. The molecule has 2 amide bonds. The van der Waals surface area contributed by atoms with E-state index in [9.17, 15) is 4.79 Å². The van der Waals surface area contributed by atoms with E-state index in [1.54, 1.807) is 16.2 Å². The van der Waals surface area contributed by atoms with Crippen molar-refractivity contribution in [1.82, 2.24) is 25.4 Å². The number of rotatable bonds is 7. The van der Waals surface area contributed by atoms with Gasteiger partial charge in [-0.1, -0.05) is 6.92 Å². The van der Waals surface area contributed by atoms with E-state index in [2.05, 4.69) is 27.4 Å². The van der Waals surface area contributed by atoms with Gasteiger partial charge in [0.25, 0.3) is 0 Å². The lowest BCUT2D eigenvalue weighted by Crippen LogP contribution is -2.39. The molecule has 2 N–H and O–H groups in total. The van der Waals surface area contributed by atoms with Gasteiger partial charge in [0.2, 0.25) is 0 Å². The van der Waals surface area contributed by atoms with Gasteiger partial charge >= 0.3 is 6.03 Å². The third kappa shape index (κ3) is 4.80. The molecule has 0 saturated carbocycles. The number of urea groups is 1. The topological polar surface area (TPSA) is 73.9 Å². The number of carbonyl (C=O) groups excluding carboxylic acids is 1. The van der Waals surface area contributed by atoms with Gasteiger partial charge < -0.3 is 10.2 Å². The van der Waals surface area contributed by atoms with E-state index in [-0.39, 0.29) is 11.9 Å². The van der Waals surface area contributed by atoms with Crippen LogP contribution in [-0.2, 0) is 6.42 Å². The third-order valence-electron chi connectivity index (χ3n) is 4.17. The van der Waals surface area contributed by atoms with E-state index >= 15 is 0 Å². The Morgan fingerprint density at radius 1 is 1.42 bits per heavy atom. The van der Waals surface area contributed by atoms with Crippen LogP contribution in [0.1, 0.15) is 46.9 Å². The molecular formula is C17H27N5OS. The highest BCUT2D eigenvalue weighted by atomic mass is 32.1. The molecule has 24 heavy (non-hydrogen) atoms. The molecule has 0 aliphatic heterocycles. The number of aromatic amines is 1. The van der Waals surface area contributed by atoms with Crippen LogP contribution in [0, 0.1) is 20.8 Å². The molecule has 2 rings (SSSR count). The van der Waals surface area contributed by atoms with Crippen molar-refractivity contribution in [2.24, 2.45) is 0 Å². The predicted octanol–water partition coefficient (Wildman–Crippen LogP) is 3.17. The summed E-state index contributed by atoms with van der Waals surface area (Å²) in [6.07, 6.45) is 1.85. The zero-order valence-corrected chi connectivity index (χ0v) is 16.0. The van der Waals surface area contributed by atoms with Crippen molar-refractivity contribution in [2.45, 2.75) is 46.5 Å². The fraction of sp³-hybridized carbons (Fsp3) is 0.588. The molecule has 0 aliphatic carbocycles. The summed E-state index contributed by atoms with van der Waals surface area (Å²) in [5.74, 6) is 0.234. The predicted molar refractivity (Wildman–Crippen MR) is 97.7 cm³/mol. The van der Waals surface area contributed by atoms with Gasteiger partial charge in [-0.2, -0.15) is 5.10 Å². The van der Waals surface area contributed by atoms with Crippen molar-refractivity contribution >= 4 is 17.4 Å². The van der Waals surface area contributed by atoms with Gasteiger partial charge in [0.15, 0.2) is 0 Å². The smallest absolute Gasteiger partial charge is 0.317 e. The van der Waals surface area contributed by atoms with Gasteiger partial charge in [-0.25, -0.2) is 9.78 Å². The molecule has 0 aliphatic rings. The van der Waals surface area contributed by atoms with Crippen molar-refractivity contribution in [3.63, 3.8) is 0 Å². The molecule has 0 radical (unpaired) electrons. The maximum atomic E-state index is 12.2. The van der Waals surface area contributed by atoms with Gasteiger partial charge in [-0.15, -0.1) is 11.3 Å². The molecule has 0 aromatic carbocycles. The average Bonchev–Trinajstić information content (AvgIpc) is 3.12. The second kappa shape index (κ2) is 8.28. The Bertz CT molecular complexity index is 659. The number of hydrogen-bond donors (Lipinski definition) is 2. The van der Waals surface area contributed by atoms with E-state index in [1.807, 2.05) is 33.2 Å². The molecule has 2 aromatic rings. The van der Waals surface area contributed by atoms with Gasteiger partial charge in [0.1, 0.15) is 0 Å². The largest absolute Gasteiger partial charge is 0.337 e. The molecule has 0 spiro atoms. The van der Waals surface area contributed by atoms with E-state index in [1.165, 1.54) is 5.56 Å². The van der Waals surface area contributed by atoms with Crippen molar-refractivity contribution in [3.8, 4) is 0 Å². The molecule has 2 aromatic heterocycles. The minimum Gasteiger partial charge on any atom is -0.337 e. The van der Waals surface area contributed by atoms with E-state index < -0.39 is 0 Å². The first kappa shape index (κ1) is 18.4. The van der Waals surface area contributed by atoms with Gasteiger partial charge in [-0.05, 0) is 39.2 Å². The van der Waals surface area contributed by atoms with Crippen LogP contribution in [0.2, 0.25) is 0 Å². The Morgan fingerprint density at radius 2 is 2.17 bits per heavy atom. The first-order valence-electron chi connectivity index (χ1n) is 8.30. The Kier molecular flexibility index (Phi) is 6.36. The summed E-state index contributed by atoms with van der Waals surface area (Å²) in [5.41, 5.74) is 4.46. The number of aromatic nitrogens is 3. The van der Waals surface area contributed by atoms with E-state index in [0.29, 0.717) is 6.54 Å². The Labute approximate surface area is 147 Å². The highest BCUT2D eigenvalue weighted by Crippen LogP contribution is 2.19. The van der Waals surface area contributed by atoms with Crippen LogP contribution in [0.5, 0.6) is 0 Å². The van der Waals surface area contributed by atoms with Crippen LogP contribution in [0.25, 0.3) is 0 Å². The second-order valence-electron chi connectivity index (χ2n) is 6.35. The number of carbonyl (C=O) groups is 1. The third-order valence-corrected chi connectivity index (χ3v) is 5.36.